The van der Waals surface area contributed by atoms with Crippen molar-refractivity contribution >= 4 is 27.0 Å². The Hall–Kier alpha value is -1.44. The largest absolute Gasteiger partial charge is 0.391 e. The molecule has 0 radical (unpaired) electrons. The molecule has 0 bridgehead atoms. The van der Waals surface area contributed by atoms with Crippen LogP contribution in [0.25, 0.3) is 0 Å². The first-order valence-corrected chi connectivity index (χ1v) is 8.65. The van der Waals surface area contributed by atoms with Crippen LogP contribution >= 0.6 is 11.3 Å². The molecule has 1 aromatic carbocycles. The lowest BCUT2D eigenvalue weighted by molar-refractivity contribution is 0.285. The molecule has 0 aliphatic heterocycles. The molecule has 0 amide bonds. The molecule has 1 N–H and O–H groups in total. The van der Waals surface area contributed by atoms with Crippen molar-refractivity contribution in [2.45, 2.75) is 25.3 Å². The third kappa shape index (κ3) is 2.95. The summed E-state index contributed by atoms with van der Waals surface area (Å²) in [6.45, 7) is 3.23. The van der Waals surface area contributed by atoms with E-state index in [-0.39, 0.29) is 23.7 Å². The van der Waals surface area contributed by atoms with E-state index >= 15 is 0 Å². The fourth-order valence-corrected chi connectivity index (χ4v) is 5.05. The van der Waals surface area contributed by atoms with Crippen LogP contribution < -0.4 is 4.31 Å². The maximum absolute atomic E-state index is 13.9. The Labute approximate surface area is 127 Å². The van der Waals surface area contributed by atoms with Gasteiger partial charge in [0.25, 0.3) is 10.0 Å². The molecule has 0 atom stereocenters. The first-order chi connectivity index (χ1) is 9.91. The first kappa shape index (κ1) is 15.9. The van der Waals surface area contributed by atoms with Gasteiger partial charge in [-0.25, -0.2) is 12.8 Å². The molecular formula is C14H16FNO3S2. The van der Waals surface area contributed by atoms with Gasteiger partial charge in [0.2, 0.25) is 0 Å². The lowest BCUT2D eigenvalue weighted by Crippen LogP contribution is -2.31. The van der Waals surface area contributed by atoms with E-state index in [2.05, 4.69) is 0 Å². The van der Waals surface area contributed by atoms with Gasteiger partial charge in [-0.2, -0.15) is 0 Å². The van der Waals surface area contributed by atoms with Crippen molar-refractivity contribution in [3.05, 3.63) is 45.9 Å². The van der Waals surface area contributed by atoms with Crippen LogP contribution in [0.2, 0.25) is 0 Å². The molecule has 0 saturated carbocycles. The molecule has 0 spiro atoms. The average molecular weight is 329 g/mol. The Bertz CT molecular complexity index is 740. The molecule has 1 aromatic heterocycles. The van der Waals surface area contributed by atoms with Gasteiger partial charge in [-0.3, -0.25) is 4.31 Å². The van der Waals surface area contributed by atoms with Crippen LogP contribution in [0.15, 0.2) is 35.2 Å². The van der Waals surface area contributed by atoms with Crippen molar-refractivity contribution in [2.24, 2.45) is 0 Å². The summed E-state index contributed by atoms with van der Waals surface area (Å²) in [5.74, 6) is -0.585. The van der Waals surface area contributed by atoms with Crippen molar-refractivity contribution in [1.29, 1.82) is 0 Å². The van der Waals surface area contributed by atoms with Crippen LogP contribution in [0.1, 0.15) is 16.7 Å². The Morgan fingerprint density at radius 2 is 2.00 bits per heavy atom. The number of aliphatic hydroxyl groups excluding tert-OH is 1. The number of para-hydroxylation sites is 1. The molecule has 0 fully saturated rings. The molecule has 0 unspecified atom stereocenters. The number of sulfonamides is 1. The minimum absolute atomic E-state index is 0.0242. The van der Waals surface area contributed by atoms with E-state index in [1.165, 1.54) is 35.6 Å². The van der Waals surface area contributed by atoms with Gasteiger partial charge in [-0.1, -0.05) is 12.1 Å². The van der Waals surface area contributed by atoms with Crippen LogP contribution in [0.5, 0.6) is 0 Å². The second-order valence-corrected chi connectivity index (χ2v) is 7.58. The Morgan fingerprint density at radius 3 is 2.52 bits per heavy atom. The summed E-state index contributed by atoms with van der Waals surface area (Å²) in [6, 6.07) is 7.21. The summed E-state index contributed by atoms with van der Waals surface area (Å²) >= 11 is 1.22. The summed E-state index contributed by atoms with van der Waals surface area (Å²) in [6.07, 6.45) is 0. The highest BCUT2D eigenvalue weighted by molar-refractivity contribution is 7.93. The molecule has 1 heterocycles. The minimum Gasteiger partial charge on any atom is -0.391 e. The van der Waals surface area contributed by atoms with E-state index in [9.17, 15) is 12.8 Å². The van der Waals surface area contributed by atoms with E-state index in [0.717, 1.165) is 4.31 Å². The summed E-state index contributed by atoms with van der Waals surface area (Å²) in [5.41, 5.74) is 0.0242. The van der Waals surface area contributed by atoms with Gasteiger partial charge < -0.3 is 5.11 Å². The van der Waals surface area contributed by atoms with Crippen LogP contribution in [0.4, 0.5) is 10.1 Å². The fraction of sp³-hybridized carbons (Fsp3) is 0.286. The second kappa shape index (κ2) is 6.13. The SMILES string of the molecule is CCN(c1ccccc1F)S(=O)(=O)c1cc(CO)sc1C. The van der Waals surface area contributed by atoms with E-state index in [4.69, 9.17) is 5.11 Å². The predicted octanol–water partition coefficient (Wildman–Crippen LogP) is 2.90. The highest BCUT2D eigenvalue weighted by Crippen LogP contribution is 2.31. The number of anilines is 1. The standard InChI is InChI=1S/C14H16FNO3S2/c1-3-16(13-7-5-4-6-12(13)15)21(18,19)14-8-11(9-17)20-10(14)2/h4-8,17H,3,9H2,1-2H3. The maximum Gasteiger partial charge on any atom is 0.265 e. The van der Waals surface area contributed by atoms with Crippen molar-refractivity contribution in [1.82, 2.24) is 0 Å². The number of aliphatic hydroxyl groups is 1. The lowest BCUT2D eigenvalue weighted by atomic mass is 10.3. The monoisotopic (exact) mass is 329 g/mol. The zero-order chi connectivity index (χ0) is 15.6. The van der Waals surface area contributed by atoms with Gasteiger partial charge in [0.05, 0.1) is 12.3 Å². The van der Waals surface area contributed by atoms with E-state index in [1.54, 1.807) is 19.9 Å². The summed E-state index contributed by atoms with van der Waals surface area (Å²) in [7, 11) is -3.85. The van der Waals surface area contributed by atoms with Gasteiger partial charge in [-0.05, 0) is 32.0 Å². The summed E-state index contributed by atoms with van der Waals surface area (Å²) in [4.78, 5) is 1.26. The molecule has 2 aromatic rings. The molecule has 0 aliphatic carbocycles. The lowest BCUT2D eigenvalue weighted by Gasteiger charge is -2.23. The fourth-order valence-electron chi connectivity index (χ4n) is 2.10. The van der Waals surface area contributed by atoms with E-state index in [0.29, 0.717) is 9.75 Å². The number of aryl methyl sites for hydroxylation is 1. The highest BCUT2D eigenvalue weighted by Gasteiger charge is 2.28. The number of benzene rings is 1. The number of hydrogen-bond donors (Lipinski definition) is 1. The predicted molar refractivity (Wildman–Crippen MR) is 81.6 cm³/mol. The van der Waals surface area contributed by atoms with Crippen molar-refractivity contribution in [3.8, 4) is 0 Å². The normalized spacial score (nSPS) is 11.6. The van der Waals surface area contributed by atoms with Crippen LogP contribution in [-0.4, -0.2) is 20.1 Å². The molecule has 21 heavy (non-hydrogen) atoms. The van der Waals surface area contributed by atoms with Gasteiger partial charge in [0.1, 0.15) is 10.7 Å². The molecule has 7 heteroatoms. The number of rotatable bonds is 5. The zero-order valence-corrected chi connectivity index (χ0v) is 13.3. The van der Waals surface area contributed by atoms with E-state index in [1.807, 2.05) is 0 Å². The van der Waals surface area contributed by atoms with Gasteiger partial charge in [0, 0.05) is 16.3 Å². The van der Waals surface area contributed by atoms with E-state index < -0.39 is 15.8 Å². The third-order valence-electron chi connectivity index (χ3n) is 3.06. The van der Waals surface area contributed by atoms with Crippen LogP contribution in [0.3, 0.4) is 0 Å². The smallest absolute Gasteiger partial charge is 0.265 e. The van der Waals surface area contributed by atoms with Gasteiger partial charge >= 0.3 is 0 Å². The minimum atomic E-state index is -3.85. The molecule has 4 nitrogen and oxygen atoms in total. The Morgan fingerprint density at radius 1 is 1.33 bits per heavy atom. The van der Waals surface area contributed by atoms with Crippen molar-refractivity contribution < 1.29 is 17.9 Å². The number of nitrogens with zero attached hydrogens (tertiary/aromatic N) is 1. The molecule has 0 saturated heterocycles. The van der Waals surface area contributed by atoms with Crippen molar-refractivity contribution in [3.63, 3.8) is 0 Å². The molecule has 114 valence electrons. The van der Waals surface area contributed by atoms with Crippen LogP contribution in [0, 0.1) is 12.7 Å². The quantitative estimate of drug-likeness (QED) is 0.917. The molecular weight excluding hydrogens is 313 g/mol. The number of thiophene rings is 1. The molecule has 0 aliphatic rings. The zero-order valence-electron chi connectivity index (χ0n) is 11.7. The topological polar surface area (TPSA) is 57.6 Å². The number of halogens is 1. The first-order valence-electron chi connectivity index (χ1n) is 6.39. The maximum atomic E-state index is 13.9. The third-order valence-corrected chi connectivity index (χ3v) is 6.23. The van der Waals surface area contributed by atoms with Gasteiger partial charge in [0.15, 0.2) is 0 Å². The van der Waals surface area contributed by atoms with Crippen LogP contribution in [-0.2, 0) is 16.6 Å². The second-order valence-electron chi connectivity index (χ2n) is 4.41. The molecule has 2 rings (SSSR count). The van der Waals surface area contributed by atoms with Gasteiger partial charge in [-0.15, -0.1) is 11.3 Å². The van der Waals surface area contributed by atoms with Crippen molar-refractivity contribution in [2.75, 3.05) is 10.8 Å². The Kier molecular flexibility index (Phi) is 4.65. The Balaban J connectivity index is 2.55. The highest BCUT2D eigenvalue weighted by atomic mass is 32.2. The average Bonchev–Trinajstić information content (AvgIpc) is 2.83. The number of hydrogen-bond acceptors (Lipinski definition) is 4. The summed E-state index contributed by atoms with van der Waals surface area (Å²) in [5, 5.41) is 9.14. The summed E-state index contributed by atoms with van der Waals surface area (Å²) < 4.78 is 40.4.